The Morgan fingerprint density at radius 3 is 2.17 bits per heavy atom. The van der Waals surface area contributed by atoms with Crippen LogP contribution in [-0.2, 0) is 0 Å². The van der Waals surface area contributed by atoms with Crippen LogP contribution in [0.5, 0.6) is 0 Å². The van der Waals surface area contributed by atoms with Gasteiger partial charge in [0.05, 0.1) is 0 Å². The molecule has 0 spiro atoms. The van der Waals surface area contributed by atoms with E-state index in [4.69, 9.17) is 0 Å². The van der Waals surface area contributed by atoms with Gasteiger partial charge in [-0.2, -0.15) is 0 Å². The second-order valence-electron chi connectivity index (χ2n) is 1.82. The van der Waals surface area contributed by atoms with E-state index in [1.807, 2.05) is 0 Å². The van der Waals surface area contributed by atoms with Gasteiger partial charge in [0, 0.05) is 17.9 Å². The molecule has 0 aromatic rings. The molecule has 0 amide bonds. The van der Waals surface area contributed by atoms with E-state index in [9.17, 15) is 0 Å². The maximum atomic E-state index is 3.46. The lowest BCUT2D eigenvalue weighted by Gasteiger charge is -2.31. The molecule has 1 heterocycles. The van der Waals surface area contributed by atoms with Crippen molar-refractivity contribution in [2.75, 3.05) is 20.1 Å². The molecule has 36 valence electrons. The summed E-state index contributed by atoms with van der Waals surface area (Å²) in [6, 6.07) is 0. The van der Waals surface area contributed by atoms with Gasteiger partial charge in [0.25, 0.3) is 0 Å². The quantitative estimate of drug-likeness (QED) is 0.459. The molecule has 0 saturated carbocycles. The van der Waals surface area contributed by atoms with E-state index < -0.39 is 0 Å². The first-order valence-corrected chi connectivity index (χ1v) is 3.03. The smallest absolute Gasteiger partial charge is 0.0400 e. The van der Waals surface area contributed by atoms with Gasteiger partial charge in [-0.05, 0) is 7.05 Å². The minimum absolute atomic E-state index is 0.780. The van der Waals surface area contributed by atoms with Crippen molar-refractivity contribution in [3.8, 4) is 0 Å². The Morgan fingerprint density at radius 1 is 1.67 bits per heavy atom. The molecule has 0 aromatic carbocycles. The third kappa shape index (κ3) is 0.738. The average Bonchev–Trinajstić information content (AvgIpc) is 1.33. The predicted molar refractivity (Wildman–Crippen MR) is 30.2 cm³/mol. The number of likely N-dealkylation sites (tertiary alicyclic amines) is 1. The monoisotopic (exact) mass is 149 g/mol. The van der Waals surface area contributed by atoms with Crippen LogP contribution < -0.4 is 0 Å². The van der Waals surface area contributed by atoms with Crippen molar-refractivity contribution in [1.82, 2.24) is 4.90 Å². The fourth-order valence-corrected chi connectivity index (χ4v) is 1.61. The van der Waals surface area contributed by atoms with E-state index in [2.05, 4.69) is 27.9 Å². The Labute approximate surface area is 46.5 Å². The highest BCUT2D eigenvalue weighted by Crippen LogP contribution is 2.11. The molecular formula is C4H8BrN. The van der Waals surface area contributed by atoms with Crippen molar-refractivity contribution in [3.05, 3.63) is 0 Å². The highest BCUT2D eigenvalue weighted by atomic mass is 79.9. The van der Waals surface area contributed by atoms with E-state index in [0.29, 0.717) is 0 Å². The van der Waals surface area contributed by atoms with Crippen LogP contribution in [0.3, 0.4) is 0 Å². The Morgan fingerprint density at radius 2 is 2.17 bits per heavy atom. The van der Waals surface area contributed by atoms with Crippen molar-refractivity contribution in [1.29, 1.82) is 0 Å². The molecule has 0 aliphatic carbocycles. The van der Waals surface area contributed by atoms with E-state index in [1.165, 1.54) is 13.1 Å². The average molecular weight is 150 g/mol. The molecule has 0 aromatic heterocycles. The lowest BCUT2D eigenvalue weighted by atomic mass is 10.2. The Balaban J connectivity index is 2.11. The molecule has 1 rings (SSSR count). The summed E-state index contributed by atoms with van der Waals surface area (Å²) in [5.41, 5.74) is 0. The predicted octanol–water partition coefficient (Wildman–Crippen LogP) is 0.695. The maximum Gasteiger partial charge on any atom is 0.0400 e. The van der Waals surface area contributed by atoms with E-state index in [-0.39, 0.29) is 0 Å². The summed E-state index contributed by atoms with van der Waals surface area (Å²) in [5.74, 6) is 0. The lowest BCUT2D eigenvalue weighted by molar-refractivity contribution is 0.243. The number of halogens is 1. The Hall–Kier alpha value is 0.440. The molecule has 0 N–H and O–H groups in total. The molecule has 0 atom stereocenters. The van der Waals surface area contributed by atoms with Gasteiger partial charge in [-0.25, -0.2) is 0 Å². The summed E-state index contributed by atoms with van der Waals surface area (Å²) in [6.07, 6.45) is 0. The summed E-state index contributed by atoms with van der Waals surface area (Å²) < 4.78 is 0. The minimum atomic E-state index is 0.780. The SMILES string of the molecule is CN1CC(Br)C1. The van der Waals surface area contributed by atoms with Crippen molar-refractivity contribution in [3.63, 3.8) is 0 Å². The molecule has 1 aliphatic rings. The van der Waals surface area contributed by atoms with Crippen molar-refractivity contribution >= 4 is 15.9 Å². The van der Waals surface area contributed by atoms with E-state index in [1.54, 1.807) is 0 Å². The Bertz CT molecular complexity index is 43.5. The number of hydrogen-bond acceptors (Lipinski definition) is 1. The molecule has 0 bridgehead atoms. The van der Waals surface area contributed by atoms with Crippen LogP contribution in [0.4, 0.5) is 0 Å². The van der Waals surface area contributed by atoms with Crippen LogP contribution in [0.1, 0.15) is 0 Å². The van der Waals surface area contributed by atoms with Gasteiger partial charge in [-0.15, -0.1) is 0 Å². The van der Waals surface area contributed by atoms with Crippen LogP contribution in [-0.4, -0.2) is 29.9 Å². The zero-order valence-corrected chi connectivity index (χ0v) is 5.40. The van der Waals surface area contributed by atoms with Gasteiger partial charge >= 0.3 is 0 Å². The molecule has 6 heavy (non-hydrogen) atoms. The fourth-order valence-electron chi connectivity index (χ4n) is 0.623. The summed E-state index contributed by atoms with van der Waals surface area (Å²) in [4.78, 5) is 3.06. The highest BCUT2D eigenvalue weighted by Gasteiger charge is 2.18. The van der Waals surface area contributed by atoms with Crippen LogP contribution >= 0.6 is 15.9 Å². The van der Waals surface area contributed by atoms with E-state index in [0.717, 1.165) is 4.83 Å². The largest absolute Gasteiger partial charge is 0.304 e. The lowest BCUT2D eigenvalue weighted by Crippen LogP contribution is -2.44. The van der Waals surface area contributed by atoms with Gasteiger partial charge in [-0.3, -0.25) is 0 Å². The van der Waals surface area contributed by atoms with Gasteiger partial charge in [0.15, 0.2) is 0 Å². The second-order valence-corrected chi connectivity index (χ2v) is 3.11. The molecule has 0 radical (unpaired) electrons. The van der Waals surface area contributed by atoms with Gasteiger partial charge < -0.3 is 4.90 Å². The van der Waals surface area contributed by atoms with Gasteiger partial charge in [0.1, 0.15) is 0 Å². The highest BCUT2D eigenvalue weighted by molar-refractivity contribution is 9.09. The number of alkyl halides is 1. The molecule has 0 unspecified atom stereocenters. The molecule has 1 fully saturated rings. The number of hydrogen-bond donors (Lipinski definition) is 0. The first kappa shape index (κ1) is 4.60. The zero-order valence-electron chi connectivity index (χ0n) is 3.82. The molecule has 1 nitrogen and oxygen atoms in total. The van der Waals surface area contributed by atoms with Gasteiger partial charge in [0.2, 0.25) is 0 Å². The summed E-state index contributed by atoms with van der Waals surface area (Å²) in [5, 5.41) is 0. The second kappa shape index (κ2) is 1.51. The normalized spacial score (nSPS) is 27.0. The number of nitrogens with zero attached hydrogens (tertiary/aromatic N) is 1. The maximum absolute atomic E-state index is 3.46. The third-order valence-electron chi connectivity index (χ3n) is 1.02. The van der Waals surface area contributed by atoms with Crippen LogP contribution in [0.25, 0.3) is 0 Å². The summed E-state index contributed by atoms with van der Waals surface area (Å²) in [6.45, 7) is 2.44. The first-order valence-electron chi connectivity index (χ1n) is 2.11. The first-order chi connectivity index (χ1) is 2.79. The summed E-state index contributed by atoms with van der Waals surface area (Å²) in [7, 11) is 2.12. The van der Waals surface area contributed by atoms with Crippen LogP contribution in [0.15, 0.2) is 0 Å². The van der Waals surface area contributed by atoms with Crippen molar-refractivity contribution < 1.29 is 0 Å². The van der Waals surface area contributed by atoms with E-state index >= 15 is 0 Å². The standard InChI is InChI=1S/C4H8BrN/c1-6-2-4(5)3-6/h4H,2-3H2,1H3. The molecule has 1 aliphatic heterocycles. The summed E-state index contributed by atoms with van der Waals surface area (Å²) >= 11 is 3.46. The minimum Gasteiger partial charge on any atom is -0.304 e. The zero-order chi connectivity index (χ0) is 4.57. The fraction of sp³-hybridized carbons (Fsp3) is 1.00. The number of rotatable bonds is 0. The van der Waals surface area contributed by atoms with Crippen LogP contribution in [0, 0.1) is 0 Å². The van der Waals surface area contributed by atoms with Crippen LogP contribution in [0.2, 0.25) is 0 Å². The van der Waals surface area contributed by atoms with Crippen molar-refractivity contribution in [2.45, 2.75) is 4.83 Å². The Kier molecular flexibility index (Phi) is 1.15. The van der Waals surface area contributed by atoms with Crippen molar-refractivity contribution in [2.24, 2.45) is 0 Å². The topological polar surface area (TPSA) is 3.24 Å². The third-order valence-corrected chi connectivity index (χ3v) is 1.60. The molecule has 2 heteroatoms. The molecule has 1 saturated heterocycles. The molecular weight excluding hydrogens is 142 g/mol. The van der Waals surface area contributed by atoms with Gasteiger partial charge in [-0.1, -0.05) is 15.9 Å².